The van der Waals surface area contributed by atoms with Crippen molar-refractivity contribution < 1.29 is 0 Å². The van der Waals surface area contributed by atoms with Crippen molar-refractivity contribution in [3.05, 3.63) is 19.8 Å². The lowest BCUT2D eigenvalue weighted by atomic mass is 10.1. The van der Waals surface area contributed by atoms with Crippen LogP contribution in [0.5, 0.6) is 0 Å². The van der Waals surface area contributed by atoms with Crippen LogP contribution in [0.25, 0.3) is 0 Å². The van der Waals surface area contributed by atoms with Crippen LogP contribution in [-0.4, -0.2) is 24.0 Å². The van der Waals surface area contributed by atoms with Crippen molar-refractivity contribution in [3.63, 3.8) is 0 Å². The minimum atomic E-state index is 0.360. The summed E-state index contributed by atoms with van der Waals surface area (Å²) in [4.78, 5) is 3.90. The number of hydrogen-bond donors (Lipinski definition) is 1. The van der Waals surface area contributed by atoms with Gasteiger partial charge in [0.1, 0.15) is 4.34 Å². The second-order valence-electron chi connectivity index (χ2n) is 5.05. The fraction of sp³-hybridized carbons (Fsp3) is 0.667. The van der Waals surface area contributed by atoms with Crippen LogP contribution < -0.4 is 5.73 Å². The second kappa shape index (κ2) is 4.82. The van der Waals surface area contributed by atoms with Gasteiger partial charge in [0.25, 0.3) is 0 Å². The Hall–Kier alpha value is 0.390. The van der Waals surface area contributed by atoms with E-state index in [-0.39, 0.29) is 0 Å². The van der Waals surface area contributed by atoms with E-state index < -0.39 is 0 Å². The Balaban J connectivity index is 1.84. The van der Waals surface area contributed by atoms with Crippen molar-refractivity contribution >= 4 is 38.9 Å². The number of piperidine rings is 1. The number of hydrogen-bond acceptors (Lipinski definition) is 3. The standard InChI is InChI=1S/C12H16BrClN2S/c13-9-4-11(17-12(9)14)10(5-15)16-6-7-1-2-8(16)3-7/h4,7-8,10H,1-3,5-6,15H2. The highest BCUT2D eigenvalue weighted by Gasteiger charge is 2.41. The van der Waals surface area contributed by atoms with Gasteiger partial charge in [-0.15, -0.1) is 11.3 Å². The fourth-order valence-electron chi connectivity index (χ4n) is 3.29. The summed E-state index contributed by atoms with van der Waals surface area (Å²) in [6.45, 7) is 1.91. The highest BCUT2D eigenvalue weighted by Crippen LogP contribution is 2.44. The monoisotopic (exact) mass is 334 g/mol. The Bertz CT molecular complexity index is 403. The maximum Gasteiger partial charge on any atom is 0.107 e. The molecule has 17 heavy (non-hydrogen) atoms. The minimum absolute atomic E-state index is 0.360. The van der Waals surface area contributed by atoms with Crippen molar-refractivity contribution in [1.82, 2.24) is 4.90 Å². The first kappa shape index (κ1) is 12.4. The van der Waals surface area contributed by atoms with E-state index in [4.69, 9.17) is 17.3 Å². The van der Waals surface area contributed by atoms with Crippen molar-refractivity contribution in [3.8, 4) is 0 Å². The Kier molecular flexibility index (Phi) is 3.52. The van der Waals surface area contributed by atoms with Crippen molar-refractivity contribution in [1.29, 1.82) is 0 Å². The number of likely N-dealkylation sites (tertiary alicyclic amines) is 1. The summed E-state index contributed by atoms with van der Waals surface area (Å²) in [6.07, 6.45) is 4.13. The number of nitrogens with two attached hydrogens (primary N) is 1. The van der Waals surface area contributed by atoms with Gasteiger partial charge in [0.05, 0.1) is 6.04 Å². The average molecular weight is 336 g/mol. The molecule has 1 aliphatic carbocycles. The van der Waals surface area contributed by atoms with Crippen LogP contribution in [0.4, 0.5) is 0 Å². The van der Waals surface area contributed by atoms with E-state index >= 15 is 0 Å². The molecule has 1 aliphatic heterocycles. The molecular weight excluding hydrogens is 320 g/mol. The first-order valence-electron chi connectivity index (χ1n) is 6.09. The highest BCUT2D eigenvalue weighted by molar-refractivity contribution is 9.10. The summed E-state index contributed by atoms with van der Waals surface area (Å²) < 4.78 is 1.84. The molecule has 5 heteroatoms. The lowest BCUT2D eigenvalue weighted by Crippen LogP contribution is -2.38. The molecule has 1 saturated heterocycles. The largest absolute Gasteiger partial charge is 0.329 e. The quantitative estimate of drug-likeness (QED) is 0.913. The summed E-state index contributed by atoms with van der Waals surface area (Å²) in [7, 11) is 0. The van der Waals surface area contributed by atoms with E-state index in [2.05, 4.69) is 26.9 Å². The first-order valence-corrected chi connectivity index (χ1v) is 8.08. The van der Waals surface area contributed by atoms with E-state index in [0.29, 0.717) is 12.6 Å². The maximum atomic E-state index is 6.13. The Morgan fingerprint density at radius 2 is 2.41 bits per heavy atom. The molecule has 2 nitrogen and oxygen atoms in total. The molecule has 0 amide bonds. The third kappa shape index (κ3) is 2.19. The van der Waals surface area contributed by atoms with Gasteiger partial charge in [0, 0.05) is 28.5 Å². The van der Waals surface area contributed by atoms with Gasteiger partial charge in [-0.05, 0) is 47.2 Å². The normalized spacial score (nSPS) is 30.1. The summed E-state index contributed by atoms with van der Waals surface area (Å²) >= 11 is 11.3. The van der Waals surface area contributed by atoms with Crippen LogP contribution in [0.1, 0.15) is 30.2 Å². The molecule has 2 aliphatic rings. The topological polar surface area (TPSA) is 29.3 Å². The molecule has 2 bridgehead atoms. The third-order valence-corrected chi connectivity index (χ3v) is 6.64. The predicted molar refractivity (Wildman–Crippen MR) is 76.7 cm³/mol. The van der Waals surface area contributed by atoms with Crippen LogP contribution in [0.15, 0.2) is 10.5 Å². The smallest absolute Gasteiger partial charge is 0.107 e. The van der Waals surface area contributed by atoms with Crippen LogP contribution in [0.2, 0.25) is 4.34 Å². The Labute approximate surface area is 119 Å². The fourth-order valence-corrected chi connectivity index (χ4v) is 5.16. The molecule has 2 N–H and O–H groups in total. The lowest BCUT2D eigenvalue weighted by Gasteiger charge is -2.33. The van der Waals surface area contributed by atoms with E-state index in [9.17, 15) is 0 Å². The molecular formula is C12H16BrClN2S. The molecule has 94 valence electrons. The SMILES string of the molecule is NCC(c1cc(Br)c(Cl)s1)N1CC2CCC1C2. The molecule has 0 aromatic carbocycles. The Morgan fingerprint density at radius 1 is 1.59 bits per heavy atom. The molecule has 3 atom stereocenters. The van der Waals surface area contributed by atoms with Gasteiger partial charge in [-0.2, -0.15) is 0 Å². The van der Waals surface area contributed by atoms with Gasteiger partial charge in [0.15, 0.2) is 0 Å². The minimum Gasteiger partial charge on any atom is -0.329 e. The second-order valence-corrected chi connectivity index (χ2v) is 7.59. The number of halogens is 2. The zero-order valence-corrected chi connectivity index (χ0v) is 12.7. The molecule has 0 radical (unpaired) electrons. The maximum absolute atomic E-state index is 6.13. The zero-order chi connectivity index (χ0) is 12.0. The molecule has 0 spiro atoms. The molecule has 2 fully saturated rings. The average Bonchev–Trinajstić information content (AvgIpc) is 2.98. The van der Waals surface area contributed by atoms with Crippen LogP contribution in [0, 0.1) is 5.92 Å². The molecule has 1 saturated carbocycles. The number of nitrogens with zero attached hydrogens (tertiary/aromatic N) is 1. The lowest BCUT2D eigenvalue weighted by molar-refractivity contribution is 0.155. The van der Waals surface area contributed by atoms with Gasteiger partial charge in [-0.1, -0.05) is 11.6 Å². The van der Waals surface area contributed by atoms with Crippen LogP contribution in [-0.2, 0) is 0 Å². The van der Waals surface area contributed by atoms with Gasteiger partial charge in [-0.25, -0.2) is 0 Å². The predicted octanol–water partition coefficient (Wildman–Crippen LogP) is 3.65. The molecule has 3 rings (SSSR count). The van der Waals surface area contributed by atoms with Crippen molar-refractivity contribution in [2.45, 2.75) is 31.3 Å². The first-order chi connectivity index (χ1) is 8.19. The summed E-state index contributed by atoms with van der Waals surface area (Å²) in [5, 5.41) is 0. The van der Waals surface area contributed by atoms with E-state index in [0.717, 1.165) is 20.8 Å². The van der Waals surface area contributed by atoms with E-state index in [1.54, 1.807) is 11.3 Å². The number of thiophene rings is 1. The third-order valence-electron chi connectivity index (χ3n) is 4.07. The van der Waals surface area contributed by atoms with Crippen LogP contribution in [0.3, 0.4) is 0 Å². The molecule has 1 aromatic heterocycles. The molecule has 1 aromatic rings. The van der Waals surface area contributed by atoms with Crippen molar-refractivity contribution in [2.24, 2.45) is 11.7 Å². The zero-order valence-electron chi connectivity index (χ0n) is 9.53. The summed E-state index contributed by atoms with van der Waals surface area (Å²) in [5.41, 5.74) is 5.98. The number of fused-ring (bicyclic) bond motifs is 2. The number of rotatable bonds is 3. The molecule has 3 unspecified atom stereocenters. The van der Waals surface area contributed by atoms with Crippen LogP contribution >= 0.6 is 38.9 Å². The van der Waals surface area contributed by atoms with Gasteiger partial charge >= 0.3 is 0 Å². The highest BCUT2D eigenvalue weighted by atomic mass is 79.9. The summed E-state index contributed by atoms with van der Waals surface area (Å²) in [6, 6.07) is 3.25. The van der Waals surface area contributed by atoms with Gasteiger partial charge < -0.3 is 5.73 Å². The molecule has 2 heterocycles. The van der Waals surface area contributed by atoms with E-state index in [1.807, 2.05) is 0 Å². The van der Waals surface area contributed by atoms with Crippen molar-refractivity contribution in [2.75, 3.05) is 13.1 Å². The Morgan fingerprint density at radius 3 is 2.88 bits per heavy atom. The summed E-state index contributed by atoms with van der Waals surface area (Å²) in [5.74, 6) is 0.910. The van der Waals surface area contributed by atoms with Gasteiger partial charge in [-0.3, -0.25) is 4.90 Å². The van der Waals surface area contributed by atoms with Gasteiger partial charge in [0.2, 0.25) is 0 Å². The van der Waals surface area contributed by atoms with E-state index in [1.165, 1.54) is 30.7 Å².